The van der Waals surface area contributed by atoms with Crippen LogP contribution in [0.4, 0.5) is 0 Å². The van der Waals surface area contributed by atoms with Gasteiger partial charge >= 0.3 is 0 Å². The molecule has 44 heavy (non-hydrogen) atoms. The van der Waals surface area contributed by atoms with Gasteiger partial charge in [-0.2, -0.15) is 0 Å². The third-order valence-electron chi connectivity index (χ3n) is 8.90. The van der Waals surface area contributed by atoms with Crippen LogP contribution in [0.3, 0.4) is 0 Å². The highest BCUT2D eigenvalue weighted by Crippen LogP contribution is 2.22. The summed E-state index contributed by atoms with van der Waals surface area (Å²) in [5.41, 5.74) is 0. The number of nitrogens with one attached hydrogen (secondary N) is 1. The SMILES string of the molecule is CCCCCCCCCCCCCCCCCCCCCCCCCC(=O)N[C@@H](CO)CO[C@H]1O[C@H](CO)[C@H](O)[C@H](O)[C@H]1O. The van der Waals surface area contributed by atoms with Crippen LogP contribution in [-0.4, -0.2) is 88.0 Å². The summed E-state index contributed by atoms with van der Waals surface area (Å²) in [7, 11) is 0. The van der Waals surface area contributed by atoms with Gasteiger partial charge in [-0.25, -0.2) is 0 Å². The van der Waals surface area contributed by atoms with E-state index in [0.717, 1.165) is 19.3 Å². The van der Waals surface area contributed by atoms with Gasteiger partial charge in [-0.1, -0.05) is 148 Å². The van der Waals surface area contributed by atoms with E-state index in [0.29, 0.717) is 6.42 Å². The zero-order chi connectivity index (χ0) is 32.3. The van der Waals surface area contributed by atoms with E-state index in [1.165, 1.54) is 128 Å². The van der Waals surface area contributed by atoms with Crippen molar-refractivity contribution >= 4 is 5.91 Å². The summed E-state index contributed by atoms with van der Waals surface area (Å²) in [5.74, 6) is -0.176. The number of ether oxygens (including phenoxy) is 2. The summed E-state index contributed by atoms with van der Waals surface area (Å²) >= 11 is 0. The molecule has 1 saturated heterocycles. The summed E-state index contributed by atoms with van der Waals surface area (Å²) in [6, 6.07) is -0.695. The normalized spacial score (nSPS) is 22.7. The number of carbonyl (C=O) groups excluding carboxylic acids is 1. The van der Waals surface area contributed by atoms with Crippen molar-refractivity contribution in [3.05, 3.63) is 0 Å². The van der Waals surface area contributed by atoms with Gasteiger partial charge in [0.1, 0.15) is 24.4 Å². The Hall–Kier alpha value is -0.810. The van der Waals surface area contributed by atoms with Crippen molar-refractivity contribution in [3.63, 3.8) is 0 Å². The number of amides is 1. The number of unbranched alkanes of at least 4 members (excludes halogenated alkanes) is 22. The van der Waals surface area contributed by atoms with E-state index in [1.807, 2.05) is 0 Å². The van der Waals surface area contributed by atoms with Gasteiger partial charge in [0.15, 0.2) is 6.29 Å². The molecule has 6 atom stereocenters. The lowest BCUT2D eigenvalue weighted by molar-refractivity contribution is -0.302. The fraction of sp³-hybridized carbons (Fsp3) is 0.971. The molecule has 0 radical (unpaired) electrons. The van der Waals surface area contributed by atoms with E-state index in [2.05, 4.69) is 12.2 Å². The first-order valence-electron chi connectivity index (χ1n) is 18.3. The van der Waals surface area contributed by atoms with Crippen LogP contribution in [0, 0.1) is 0 Å². The predicted molar refractivity (Wildman–Crippen MR) is 175 cm³/mol. The van der Waals surface area contributed by atoms with Crippen LogP contribution in [-0.2, 0) is 14.3 Å². The van der Waals surface area contributed by atoms with Crippen LogP contribution in [0.15, 0.2) is 0 Å². The van der Waals surface area contributed by atoms with Crippen LogP contribution < -0.4 is 5.32 Å². The van der Waals surface area contributed by atoms with E-state index >= 15 is 0 Å². The molecule has 0 spiro atoms. The fourth-order valence-corrected chi connectivity index (χ4v) is 5.93. The van der Waals surface area contributed by atoms with Crippen molar-refractivity contribution in [1.29, 1.82) is 0 Å². The highest BCUT2D eigenvalue weighted by Gasteiger charge is 2.44. The Bertz CT molecular complexity index is 652. The van der Waals surface area contributed by atoms with Gasteiger partial charge in [-0.3, -0.25) is 4.79 Å². The van der Waals surface area contributed by atoms with Gasteiger partial charge in [0.05, 0.1) is 25.9 Å². The monoisotopic (exact) mass is 632 g/mol. The fourth-order valence-electron chi connectivity index (χ4n) is 5.93. The first-order valence-corrected chi connectivity index (χ1v) is 18.3. The van der Waals surface area contributed by atoms with Crippen molar-refractivity contribution in [2.75, 3.05) is 19.8 Å². The second kappa shape index (κ2) is 28.4. The Balaban J connectivity index is 1.88. The Morgan fingerprint density at radius 2 is 1.05 bits per heavy atom. The first kappa shape index (κ1) is 41.2. The minimum absolute atomic E-state index is 0.148. The Labute approximate surface area is 268 Å². The summed E-state index contributed by atoms with van der Waals surface area (Å²) in [6.45, 7) is 1.22. The summed E-state index contributed by atoms with van der Waals surface area (Å²) in [5, 5.41) is 51.3. The molecule has 0 bridgehead atoms. The average molecular weight is 632 g/mol. The summed E-state index contributed by atoms with van der Waals surface area (Å²) in [4.78, 5) is 12.3. The zero-order valence-electron chi connectivity index (χ0n) is 28.0. The van der Waals surface area contributed by atoms with Gasteiger partial charge in [0.2, 0.25) is 5.91 Å². The summed E-state index contributed by atoms with van der Waals surface area (Å²) < 4.78 is 10.7. The number of hydrogen-bond donors (Lipinski definition) is 6. The highest BCUT2D eigenvalue weighted by molar-refractivity contribution is 5.76. The second-order valence-corrected chi connectivity index (χ2v) is 13.0. The van der Waals surface area contributed by atoms with Crippen LogP contribution in [0.1, 0.15) is 161 Å². The molecule has 1 amide bonds. The molecular formula is C35H69NO8. The molecule has 0 saturated carbocycles. The number of hydrogen-bond acceptors (Lipinski definition) is 8. The summed E-state index contributed by atoms with van der Waals surface area (Å²) in [6.07, 6.45) is 24.0. The van der Waals surface area contributed by atoms with Crippen LogP contribution in [0.5, 0.6) is 0 Å². The lowest BCUT2D eigenvalue weighted by Gasteiger charge is -2.39. The molecular weight excluding hydrogens is 562 g/mol. The van der Waals surface area contributed by atoms with E-state index in [4.69, 9.17) is 9.47 Å². The maximum absolute atomic E-state index is 12.3. The maximum Gasteiger partial charge on any atom is 0.220 e. The second-order valence-electron chi connectivity index (χ2n) is 13.0. The molecule has 1 heterocycles. The van der Waals surface area contributed by atoms with Crippen molar-refractivity contribution in [3.8, 4) is 0 Å². The molecule has 0 aromatic rings. The van der Waals surface area contributed by atoms with Crippen molar-refractivity contribution < 1.29 is 39.8 Å². The number of aliphatic hydroxyl groups excluding tert-OH is 5. The Morgan fingerprint density at radius 3 is 1.43 bits per heavy atom. The minimum Gasteiger partial charge on any atom is -0.394 e. The quantitative estimate of drug-likeness (QED) is 0.0556. The smallest absolute Gasteiger partial charge is 0.220 e. The third-order valence-corrected chi connectivity index (χ3v) is 8.90. The topological polar surface area (TPSA) is 149 Å². The lowest BCUT2D eigenvalue weighted by Crippen LogP contribution is -2.59. The lowest BCUT2D eigenvalue weighted by atomic mass is 9.99. The van der Waals surface area contributed by atoms with Gasteiger partial charge in [-0.05, 0) is 6.42 Å². The van der Waals surface area contributed by atoms with Crippen LogP contribution in [0.2, 0.25) is 0 Å². The largest absolute Gasteiger partial charge is 0.394 e. The van der Waals surface area contributed by atoms with E-state index in [1.54, 1.807) is 0 Å². The maximum atomic E-state index is 12.3. The molecule has 6 N–H and O–H groups in total. The molecule has 0 aromatic carbocycles. The van der Waals surface area contributed by atoms with Gasteiger partial charge in [0, 0.05) is 6.42 Å². The van der Waals surface area contributed by atoms with Crippen LogP contribution >= 0.6 is 0 Å². The van der Waals surface area contributed by atoms with Crippen molar-refractivity contribution in [2.24, 2.45) is 0 Å². The molecule has 9 heteroatoms. The predicted octanol–water partition coefficient (Wildman–Crippen LogP) is 5.66. The first-order chi connectivity index (χ1) is 21.4. The number of aliphatic hydroxyl groups is 5. The molecule has 9 nitrogen and oxygen atoms in total. The highest BCUT2D eigenvalue weighted by atomic mass is 16.7. The van der Waals surface area contributed by atoms with Gasteiger partial charge < -0.3 is 40.3 Å². The molecule has 0 unspecified atom stereocenters. The molecule has 262 valence electrons. The van der Waals surface area contributed by atoms with E-state index in [9.17, 15) is 30.3 Å². The number of rotatable bonds is 30. The molecule has 1 aliphatic heterocycles. The molecule has 0 aromatic heterocycles. The average Bonchev–Trinajstić information content (AvgIpc) is 3.03. The van der Waals surface area contributed by atoms with Gasteiger partial charge in [0.25, 0.3) is 0 Å². The Kier molecular flexibility index (Phi) is 26.6. The standard InChI is InChI=1S/C35H69NO8/c1-2-3-4-5-6-7-8-9-10-11-12-13-14-15-16-17-18-19-20-21-22-23-24-25-31(39)36-29(26-37)28-43-35-34(42)33(41)32(40)30(27-38)44-35/h29-30,32-35,37-38,40-42H,2-28H2,1H3,(H,36,39)/t29-,30+,32-,33-,34+,35-/m0/s1. The minimum atomic E-state index is -1.54. The number of carbonyl (C=O) groups is 1. The molecule has 0 aliphatic carbocycles. The van der Waals surface area contributed by atoms with E-state index in [-0.39, 0.29) is 19.1 Å². The van der Waals surface area contributed by atoms with Crippen molar-refractivity contribution in [2.45, 2.75) is 198 Å². The van der Waals surface area contributed by atoms with Crippen molar-refractivity contribution in [1.82, 2.24) is 5.32 Å². The molecule has 1 aliphatic rings. The third kappa shape index (κ3) is 20.3. The molecule has 1 fully saturated rings. The van der Waals surface area contributed by atoms with Crippen LogP contribution in [0.25, 0.3) is 0 Å². The zero-order valence-corrected chi connectivity index (χ0v) is 28.0. The molecule has 1 rings (SSSR count). The Morgan fingerprint density at radius 1 is 0.636 bits per heavy atom. The van der Waals surface area contributed by atoms with Gasteiger partial charge in [-0.15, -0.1) is 0 Å². The van der Waals surface area contributed by atoms with E-state index < -0.39 is 43.4 Å².